The Hall–Kier alpha value is -0.380. The molecule has 0 spiro atoms. The summed E-state index contributed by atoms with van der Waals surface area (Å²) in [4.78, 5) is 0. The number of hydrogen-bond acceptors (Lipinski definition) is 3. The number of rotatable bonds is 10. The Balaban J connectivity index is 1.48. The van der Waals surface area contributed by atoms with Gasteiger partial charge in [-0.2, -0.15) is 0 Å². The second-order valence-electron chi connectivity index (χ2n) is 7.94. The van der Waals surface area contributed by atoms with Gasteiger partial charge in [0.2, 0.25) is 0 Å². The summed E-state index contributed by atoms with van der Waals surface area (Å²) in [5, 5.41) is 0. The summed E-state index contributed by atoms with van der Waals surface area (Å²) in [6.45, 7) is 10.6. The highest BCUT2D eigenvalue weighted by Gasteiger charge is 2.46. The van der Waals surface area contributed by atoms with Crippen LogP contribution in [0.15, 0.2) is 11.6 Å². The molecule has 2 fully saturated rings. The average Bonchev–Trinajstić information content (AvgIpc) is 3.13. The first-order valence-corrected chi connectivity index (χ1v) is 9.54. The third kappa shape index (κ3) is 7.36. The molecule has 134 valence electrons. The molecule has 0 aromatic carbocycles. The van der Waals surface area contributed by atoms with Crippen LogP contribution in [0.1, 0.15) is 79.1 Å². The minimum absolute atomic E-state index is 0.0620. The molecule has 0 N–H and O–H groups in total. The van der Waals surface area contributed by atoms with Crippen molar-refractivity contribution in [3.63, 3.8) is 0 Å². The van der Waals surface area contributed by atoms with E-state index in [9.17, 15) is 0 Å². The summed E-state index contributed by atoms with van der Waals surface area (Å²) in [6, 6.07) is 0. The van der Waals surface area contributed by atoms with Crippen LogP contribution in [0, 0.1) is 5.92 Å². The minimum atomic E-state index is 0.0620. The van der Waals surface area contributed by atoms with Crippen molar-refractivity contribution in [1.29, 1.82) is 0 Å². The first-order valence-electron chi connectivity index (χ1n) is 9.54. The summed E-state index contributed by atoms with van der Waals surface area (Å²) in [7, 11) is 0. The summed E-state index contributed by atoms with van der Waals surface area (Å²) in [5.74, 6) is 0.716. The van der Waals surface area contributed by atoms with Crippen molar-refractivity contribution >= 4 is 0 Å². The molecule has 0 bridgehead atoms. The van der Waals surface area contributed by atoms with Gasteiger partial charge in [-0.1, -0.05) is 18.6 Å². The average molecular weight is 325 g/mol. The van der Waals surface area contributed by atoms with Crippen LogP contribution < -0.4 is 0 Å². The molecule has 2 aliphatic rings. The van der Waals surface area contributed by atoms with E-state index in [0.29, 0.717) is 12.0 Å². The standard InChI is InChI=1S/C20H36O3/c1-16(11-12-18-20(3,4)23-18)8-7-9-17(2)13-15-22-19-10-5-6-14-21-19/h8,17-19H,5-7,9-15H2,1-4H3/b16-8+. The van der Waals surface area contributed by atoms with Gasteiger partial charge < -0.3 is 14.2 Å². The van der Waals surface area contributed by atoms with Gasteiger partial charge in [-0.05, 0) is 78.1 Å². The third-order valence-electron chi connectivity index (χ3n) is 5.17. The number of hydrogen-bond donors (Lipinski definition) is 0. The van der Waals surface area contributed by atoms with Gasteiger partial charge in [0.1, 0.15) is 0 Å². The zero-order chi connectivity index (χ0) is 16.7. The maximum Gasteiger partial charge on any atom is 0.157 e. The highest BCUT2D eigenvalue weighted by molar-refractivity contribution is 5.02. The Labute approximate surface area is 142 Å². The first-order chi connectivity index (χ1) is 11.0. The number of ether oxygens (including phenoxy) is 3. The number of epoxide rings is 1. The Bertz CT molecular complexity index is 369. The molecule has 3 nitrogen and oxygen atoms in total. The zero-order valence-corrected chi connectivity index (χ0v) is 15.6. The summed E-state index contributed by atoms with van der Waals surface area (Å²) in [5.41, 5.74) is 1.65. The fourth-order valence-corrected chi connectivity index (χ4v) is 3.20. The maximum absolute atomic E-state index is 5.82. The van der Waals surface area contributed by atoms with Gasteiger partial charge in [0.05, 0.1) is 11.7 Å². The molecule has 0 amide bonds. The van der Waals surface area contributed by atoms with E-state index in [4.69, 9.17) is 14.2 Å². The van der Waals surface area contributed by atoms with E-state index >= 15 is 0 Å². The van der Waals surface area contributed by atoms with Gasteiger partial charge in [-0.3, -0.25) is 0 Å². The molecule has 23 heavy (non-hydrogen) atoms. The van der Waals surface area contributed by atoms with E-state index in [0.717, 1.165) is 26.1 Å². The predicted molar refractivity (Wildman–Crippen MR) is 94.5 cm³/mol. The van der Waals surface area contributed by atoms with Crippen molar-refractivity contribution in [3.05, 3.63) is 11.6 Å². The molecular formula is C20H36O3. The van der Waals surface area contributed by atoms with E-state index in [1.165, 1.54) is 44.1 Å². The fourth-order valence-electron chi connectivity index (χ4n) is 3.20. The molecule has 3 atom stereocenters. The van der Waals surface area contributed by atoms with Gasteiger partial charge in [0.25, 0.3) is 0 Å². The lowest BCUT2D eigenvalue weighted by atomic mass is 9.99. The van der Waals surface area contributed by atoms with E-state index in [1.807, 2.05) is 0 Å². The Morgan fingerprint density at radius 1 is 1.30 bits per heavy atom. The molecular weight excluding hydrogens is 288 g/mol. The fraction of sp³-hybridized carbons (Fsp3) is 0.900. The first kappa shape index (κ1) is 19.0. The SMILES string of the molecule is C/C(=C\CCC(C)CCOC1CCCCO1)CCC1OC1(C)C. The number of allylic oxidation sites excluding steroid dienone is 2. The van der Waals surface area contributed by atoms with Gasteiger partial charge in [-0.25, -0.2) is 0 Å². The summed E-state index contributed by atoms with van der Waals surface area (Å²) >= 11 is 0. The molecule has 2 rings (SSSR count). The quantitative estimate of drug-likeness (QED) is 0.407. The van der Waals surface area contributed by atoms with Crippen LogP contribution in [0.2, 0.25) is 0 Å². The molecule has 2 heterocycles. The van der Waals surface area contributed by atoms with Crippen molar-refractivity contribution in [1.82, 2.24) is 0 Å². The van der Waals surface area contributed by atoms with Crippen molar-refractivity contribution in [2.24, 2.45) is 5.92 Å². The molecule has 2 aliphatic heterocycles. The second-order valence-corrected chi connectivity index (χ2v) is 7.94. The van der Waals surface area contributed by atoms with Crippen LogP contribution in [-0.4, -0.2) is 31.2 Å². The van der Waals surface area contributed by atoms with Crippen molar-refractivity contribution in [3.8, 4) is 0 Å². The van der Waals surface area contributed by atoms with Gasteiger partial charge >= 0.3 is 0 Å². The van der Waals surface area contributed by atoms with Crippen LogP contribution in [0.5, 0.6) is 0 Å². The monoisotopic (exact) mass is 324 g/mol. The largest absolute Gasteiger partial charge is 0.367 e. The lowest BCUT2D eigenvalue weighted by molar-refractivity contribution is -0.163. The normalized spacial score (nSPS) is 28.6. The van der Waals surface area contributed by atoms with Gasteiger partial charge in [0.15, 0.2) is 6.29 Å². The maximum atomic E-state index is 5.82. The molecule has 0 aliphatic carbocycles. The van der Waals surface area contributed by atoms with E-state index < -0.39 is 0 Å². The van der Waals surface area contributed by atoms with Crippen LogP contribution >= 0.6 is 0 Å². The topological polar surface area (TPSA) is 31.0 Å². The summed E-state index contributed by atoms with van der Waals surface area (Å²) in [6.07, 6.45) is 12.4. The molecule has 0 radical (unpaired) electrons. The smallest absolute Gasteiger partial charge is 0.157 e. The van der Waals surface area contributed by atoms with Crippen molar-refractivity contribution < 1.29 is 14.2 Å². The van der Waals surface area contributed by atoms with Crippen LogP contribution in [0.25, 0.3) is 0 Å². The Kier molecular flexibility index (Phi) is 7.58. The highest BCUT2D eigenvalue weighted by atomic mass is 16.7. The van der Waals surface area contributed by atoms with E-state index in [1.54, 1.807) is 0 Å². The van der Waals surface area contributed by atoms with Gasteiger partial charge in [0, 0.05) is 13.2 Å². The van der Waals surface area contributed by atoms with Crippen molar-refractivity contribution in [2.75, 3.05) is 13.2 Å². The molecule has 0 aromatic heterocycles. The Morgan fingerprint density at radius 3 is 2.74 bits per heavy atom. The van der Waals surface area contributed by atoms with Crippen LogP contribution in [-0.2, 0) is 14.2 Å². The highest BCUT2D eigenvalue weighted by Crippen LogP contribution is 2.38. The van der Waals surface area contributed by atoms with Crippen LogP contribution in [0.4, 0.5) is 0 Å². The molecule has 3 unspecified atom stereocenters. The van der Waals surface area contributed by atoms with Crippen LogP contribution in [0.3, 0.4) is 0 Å². The zero-order valence-electron chi connectivity index (χ0n) is 15.6. The minimum Gasteiger partial charge on any atom is -0.367 e. The lowest BCUT2D eigenvalue weighted by Gasteiger charge is -2.23. The van der Waals surface area contributed by atoms with Crippen molar-refractivity contribution in [2.45, 2.75) is 97.1 Å². The van der Waals surface area contributed by atoms with E-state index in [-0.39, 0.29) is 11.9 Å². The predicted octanol–water partition coefficient (Wildman–Crippen LogP) is 5.24. The lowest BCUT2D eigenvalue weighted by Crippen LogP contribution is -2.23. The molecule has 0 saturated carbocycles. The molecule has 2 saturated heterocycles. The Morgan fingerprint density at radius 2 is 2.09 bits per heavy atom. The van der Waals surface area contributed by atoms with E-state index in [2.05, 4.69) is 33.8 Å². The third-order valence-corrected chi connectivity index (χ3v) is 5.17. The summed E-state index contributed by atoms with van der Waals surface area (Å²) < 4.78 is 17.1. The second kappa shape index (κ2) is 9.19. The molecule has 3 heteroatoms. The molecule has 0 aromatic rings. The van der Waals surface area contributed by atoms with Gasteiger partial charge in [-0.15, -0.1) is 0 Å².